The molecule has 5 rings (SSSR count). The lowest BCUT2D eigenvalue weighted by Crippen LogP contribution is -2.23. The smallest absolute Gasteiger partial charge is 0.127 e. The molecular formula is C40H42NOP. The van der Waals surface area contributed by atoms with Crippen LogP contribution >= 0.6 is 8.58 Å². The van der Waals surface area contributed by atoms with E-state index in [0.717, 1.165) is 31.4 Å². The largest absolute Gasteiger partial charge is 0.488 e. The highest BCUT2D eigenvalue weighted by atomic mass is 31.1. The van der Waals surface area contributed by atoms with Crippen molar-refractivity contribution in [3.8, 4) is 5.75 Å². The number of rotatable bonds is 13. The van der Waals surface area contributed by atoms with Gasteiger partial charge in [0.15, 0.2) is 0 Å². The van der Waals surface area contributed by atoms with E-state index >= 15 is 0 Å². The second kappa shape index (κ2) is 14.9. The Bertz CT molecular complexity index is 1620. The molecular weight excluding hydrogens is 541 g/mol. The molecule has 0 radical (unpaired) electrons. The summed E-state index contributed by atoms with van der Waals surface area (Å²) in [6.45, 7) is 5.28. The van der Waals surface area contributed by atoms with Gasteiger partial charge in [-0.1, -0.05) is 156 Å². The van der Waals surface area contributed by atoms with Gasteiger partial charge in [-0.05, 0) is 51.5 Å². The molecule has 0 saturated carbocycles. The standard InChI is InChI=1S/C40H42NOP/c1-4-24-40(2,43-38-23-15-14-22-35(38)29-41-3)37-28-34(25-31-16-8-5-9-17-31)27-36(26-32-18-10-6-11-19-32)39(37)42-30-33-20-12-7-13-21-33/h5-23,27-29,43H,4,24-26,30H2,1-3H3/b41-29+. The van der Waals surface area contributed by atoms with E-state index in [-0.39, 0.29) is 5.16 Å². The Morgan fingerprint density at radius 1 is 0.698 bits per heavy atom. The van der Waals surface area contributed by atoms with E-state index in [2.05, 4.69) is 146 Å². The van der Waals surface area contributed by atoms with E-state index in [4.69, 9.17) is 4.74 Å². The molecule has 3 heteroatoms. The Balaban J connectivity index is 1.67. The van der Waals surface area contributed by atoms with Gasteiger partial charge in [0.1, 0.15) is 12.4 Å². The first kappa shape index (κ1) is 30.5. The molecule has 5 aromatic carbocycles. The molecule has 0 aromatic heterocycles. The van der Waals surface area contributed by atoms with Crippen LogP contribution in [0.25, 0.3) is 0 Å². The van der Waals surface area contributed by atoms with Crippen LogP contribution in [0, 0.1) is 0 Å². The lowest BCUT2D eigenvalue weighted by Gasteiger charge is -2.34. The van der Waals surface area contributed by atoms with Crippen LogP contribution in [0.4, 0.5) is 0 Å². The number of nitrogens with zero attached hydrogens (tertiary/aromatic N) is 1. The van der Waals surface area contributed by atoms with Crippen molar-refractivity contribution in [3.63, 3.8) is 0 Å². The highest BCUT2D eigenvalue weighted by molar-refractivity contribution is 7.48. The van der Waals surface area contributed by atoms with Crippen molar-refractivity contribution in [2.75, 3.05) is 7.05 Å². The highest BCUT2D eigenvalue weighted by Gasteiger charge is 2.32. The number of hydrogen-bond donors (Lipinski definition) is 0. The zero-order valence-corrected chi connectivity index (χ0v) is 26.6. The van der Waals surface area contributed by atoms with E-state index in [1.165, 1.54) is 44.2 Å². The fraction of sp³-hybridized carbons (Fsp3) is 0.225. The molecule has 2 unspecified atom stereocenters. The minimum atomic E-state index is -0.114. The molecule has 0 saturated heterocycles. The molecule has 2 atom stereocenters. The van der Waals surface area contributed by atoms with Gasteiger partial charge in [0.05, 0.1) is 0 Å². The summed E-state index contributed by atoms with van der Waals surface area (Å²) in [5.41, 5.74) is 8.88. The van der Waals surface area contributed by atoms with Crippen LogP contribution in [-0.4, -0.2) is 13.3 Å². The molecule has 2 nitrogen and oxygen atoms in total. The quantitative estimate of drug-likeness (QED) is 0.0999. The Kier molecular flexibility index (Phi) is 10.6. The van der Waals surface area contributed by atoms with Crippen LogP contribution in [0.3, 0.4) is 0 Å². The minimum Gasteiger partial charge on any atom is -0.488 e. The van der Waals surface area contributed by atoms with Crippen molar-refractivity contribution < 1.29 is 4.74 Å². The first-order valence-electron chi connectivity index (χ1n) is 15.3. The molecule has 0 aliphatic carbocycles. The average molecular weight is 584 g/mol. The van der Waals surface area contributed by atoms with Crippen molar-refractivity contribution in [1.82, 2.24) is 0 Å². The lowest BCUT2D eigenvalue weighted by atomic mass is 9.87. The Labute approximate surface area is 259 Å². The molecule has 0 amide bonds. The summed E-state index contributed by atoms with van der Waals surface area (Å²) in [6.07, 6.45) is 5.85. The van der Waals surface area contributed by atoms with Crippen LogP contribution in [0.1, 0.15) is 65.6 Å². The van der Waals surface area contributed by atoms with Gasteiger partial charge in [-0.3, -0.25) is 4.99 Å². The topological polar surface area (TPSA) is 21.6 Å². The van der Waals surface area contributed by atoms with Crippen molar-refractivity contribution in [2.45, 2.75) is 51.3 Å². The highest BCUT2D eigenvalue weighted by Crippen LogP contribution is 2.50. The number of aliphatic imine (C=N–C) groups is 1. The zero-order valence-electron chi connectivity index (χ0n) is 25.6. The Morgan fingerprint density at radius 2 is 1.28 bits per heavy atom. The molecule has 0 bridgehead atoms. The van der Waals surface area contributed by atoms with Gasteiger partial charge in [0, 0.05) is 30.4 Å². The van der Waals surface area contributed by atoms with E-state index in [9.17, 15) is 0 Å². The van der Waals surface area contributed by atoms with Crippen LogP contribution in [-0.2, 0) is 24.6 Å². The second-order valence-corrected chi connectivity index (χ2v) is 13.3. The summed E-state index contributed by atoms with van der Waals surface area (Å²) in [5.74, 6) is 1.04. The summed E-state index contributed by atoms with van der Waals surface area (Å²) in [6, 6.07) is 45.7. The van der Waals surface area contributed by atoms with Crippen molar-refractivity contribution >= 4 is 20.1 Å². The van der Waals surface area contributed by atoms with E-state index in [0.29, 0.717) is 15.2 Å². The molecule has 0 heterocycles. The molecule has 0 aliphatic heterocycles. The molecule has 218 valence electrons. The van der Waals surface area contributed by atoms with Gasteiger partial charge in [-0.2, -0.15) is 0 Å². The van der Waals surface area contributed by atoms with Gasteiger partial charge in [0.25, 0.3) is 0 Å². The van der Waals surface area contributed by atoms with Crippen molar-refractivity contribution in [3.05, 3.63) is 166 Å². The molecule has 0 spiro atoms. The monoisotopic (exact) mass is 583 g/mol. The summed E-state index contributed by atoms with van der Waals surface area (Å²) in [7, 11) is 2.42. The van der Waals surface area contributed by atoms with Crippen LogP contribution < -0.4 is 10.0 Å². The third-order valence-corrected chi connectivity index (χ3v) is 9.72. The average Bonchev–Trinajstić information content (AvgIpc) is 3.03. The first-order valence-corrected chi connectivity index (χ1v) is 16.3. The van der Waals surface area contributed by atoms with Gasteiger partial charge < -0.3 is 4.74 Å². The molecule has 0 N–H and O–H groups in total. The SMILES string of the molecule is CCCC(C)(Pc1ccccc1/C=N/C)c1cc(Cc2ccccc2)cc(Cc2ccccc2)c1OCc1ccccc1. The third-order valence-electron chi connectivity index (χ3n) is 7.92. The number of ether oxygens (including phenoxy) is 1. The van der Waals surface area contributed by atoms with Crippen molar-refractivity contribution in [1.29, 1.82) is 0 Å². The number of benzene rings is 5. The Morgan fingerprint density at radius 3 is 1.91 bits per heavy atom. The maximum absolute atomic E-state index is 6.92. The summed E-state index contributed by atoms with van der Waals surface area (Å²) in [4.78, 5) is 4.37. The van der Waals surface area contributed by atoms with Crippen molar-refractivity contribution in [2.24, 2.45) is 4.99 Å². The Hall–Kier alpha value is -4.00. The maximum atomic E-state index is 6.92. The summed E-state index contributed by atoms with van der Waals surface area (Å²) < 4.78 is 6.92. The van der Waals surface area contributed by atoms with E-state index < -0.39 is 0 Å². The van der Waals surface area contributed by atoms with Crippen LogP contribution in [0.15, 0.2) is 132 Å². The van der Waals surface area contributed by atoms with Gasteiger partial charge in [-0.15, -0.1) is 0 Å². The normalized spacial score (nSPS) is 13.0. The number of hydrogen-bond acceptors (Lipinski definition) is 2. The maximum Gasteiger partial charge on any atom is 0.127 e. The zero-order chi connectivity index (χ0) is 29.9. The lowest BCUT2D eigenvalue weighted by molar-refractivity contribution is 0.296. The van der Waals surface area contributed by atoms with Crippen LogP contribution in [0.5, 0.6) is 5.75 Å². The van der Waals surface area contributed by atoms with Gasteiger partial charge in [-0.25, -0.2) is 0 Å². The van der Waals surface area contributed by atoms with Gasteiger partial charge >= 0.3 is 0 Å². The molecule has 43 heavy (non-hydrogen) atoms. The fourth-order valence-electron chi connectivity index (χ4n) is 5.87. The minimum absolute atomic E-state index is 0.114. The molecule has 0 fully saturated rings. The van der Waals surface area contributed by atoms with E-state index in [1.807, 2.05) is 13.3 Å². The summed E-state index contributed by atoms with van der Waals surface area (Å²) >= 11 is 0. The first-order chi connectivity index (χ1) is 21.1. The van der Waals surface area contributed by atoms with Crippen LogP contribution in [0.2, 0.25) is 0 Å². The third kappa shape index (κ3) is 8.09. The van der Waals surface area contributed by atoms with E-state index in [1.54, 1.807) is 0 Å². The van der Waals surface area contributed by atoms with Gasteiger partial charge in [0.2, 0.25) is 0 Å². The second-order valence-electron chi connectivity index (χ2n) is 11.4. The molecule has 5 aromatic rings. The fourth-order valence-corrected chi connectivity index (χ4v) is 7.63. The predicted octanol–water partition coefficient (Wildman–Crippen LogP) is 9.52. The molecule has 0 aliphatic rings. The summed E-state index contributed by atoms with van der Waals surface area (Å²) in [5, 5.41) is 1.23. The predicted molar refractivity (Wildman–Crippen MR) is 186 cm³/mol.